The van der Waals surface area contributed by atoms with Gasteiger partial charge in [0.15, 0.2) is 11.6 Å². The number of pyridine rings is 1. The molecule has 1 aliphatic heterocycles. The maximum absolute atomic E-state index is 14.8. The largest absolute Gasteiger partial charge is 0.351 e. The Morgan fingerprint density at radius 2 is 1.61 bits per heavy atom. The first-order chi connectivity index (χ1) is 13.6. The molecule has 0 N–H and O–H groups in total. The zero-order valence-corrected chi connectivity index (χ0v) is 16.0. The molecule has 3 aromatic heterocycles. The molecule has 7 nitrogen and oxygen atoms in total. The minimum Gasteiger partial charge on any atom is -0.351 e. The molecule has 1 fully saturated rings. The van der Waals surface area contributed by atoms with Crippen LogP contribution in [0, 0.1) is 5.82 Å². The van der Waals surface area contributed by atoms with Crippen LogP contribution in [0.2, 0.25) is 0 Å². The lowest BCUT2D eigenvalue weighted by Crippen LogP contribution is -2.47. The number of hydrogen-bond donors (Lipinski definition) is 0. The Bertz CT molecular complexity index is 940. The van der Waals surface area contributed by atoms with Crippen LogP contribution in [0.5, 0.6) is 0 Å². The van der Waals surface area contributed by atoms with Crippen LogP contribution < -0.4 is 9.80 Å². The summed E-state index contributed by atoms with van der Waals surface area (Å²) >= 11 is 0. The van der Waals surface area contributed by atoms with Crippen LogP contribution >= 0.6 is 0 Å². The predicted molar refractivity (Wildman–Crippen MR) is 106 cm³/mol. The van der Waals surface area contributed by atoms with E-state index >= 15 is 0 Å². The lowest BCUT2D eigenvalue weighted by molar-refractivity contribution is 0.555. The van der Waals surface area contributed by atoms with Crippen molar-refractivity contribution in [2.45, 2.75) is 19.8 Å². The molecular weight excluding hydrogens is 357 g/mol. The van der Waals surface area contributed by atoms with Gasteiger partial charge >= 0.3 is 0 Å². The van der Waals surface area contributed by atoms with Crippen molar-refractivity contribution in [3.8, 4) is 11.3 Å². The molecular formula is C20H22FN7. The Morgan fingerprint density at radius 3 is 2.32 bits per heavy atom. The van der Waals surface area contributed by atoms with Crippen molar-refractivity contribution >= 4 is 11.8 Å². The number of rotatable bonds is 4. The molecule has 0 bridgehead atoms. The second-order valence-corrected chi connectivity index (χ2v) is 7.00. The zero-order valence-electron chi connectivity index (χ0n) is 16.0. The van der Waals surface area contributed by atoms with Gasteiger partial charge in [-0.2, -0.15) is 0 Å². The van der Waals surface area contributed by atoms with Crippen LogP contribution in [0.3, 0.4) is 0 Å². The third-order valence-corrected chi connectivity index (χ3v) is 4.83. The zero-order chi connectivity index (χ0) is 19.5. The van der Waals surface area contributed by atoms with Crippen LogP contribution in [0.4, 0.5) is 16.2 Å². The molecule has 3 aromatic rings. The molecule has 0 aromatic carbocycles. The summed E-state index contributed by atoms with van der Waals surface area (Å²) in [6, 6.07) is 5.74. The quantitative estimate of drug-likeness (QED) is 0.690. The Balaban J connectivity index is 1.49. The predicted octanol–water partition coefficient (Wildman–Crippen LogP) is 2.92. The highest BCUT2D eigenvalue weighted by Crippen LogP contribution is 2.25. The topological polar surface area (TPSA) is 70.9 Å². The summed E-state index contributed by atoms with van der Waals surface area (Å²) in [5.41, 5.74) is 2.32. The van der Waals surface area contributed by atoms with Crippen LogP contribution in [0.1, 0.15) is 25.5 Å². The number of halogens is 1. The minimum absolute atomic E-state index is 0.0207. The van der Waals surface area contributed by atoms with E-state index in [1.54, 1.807) is 18.6 Å². The van der Waals surface area contributed by atoms with Gasteiger partial charge in [0.25, 0.3) is 0 Å². The molecule has 4 rings (SSSR count). The summed E-state index contributed by atoms with van der Waals surface area (Å²) in [4.78, 5) is 25.5. The second-order valence-electron chi connectivity index (χ2n) is 7.00. The SMILES string of the molecule is CC(C)c1ncnc(N2CCN(c3nccc(-c4ccncc4)n3)CC2)c1F. The first-order valence-corrected chi connectivity index (χ1v) is 9.37. The van der Waals surface area contributed by atoms with E-state index in [0.29, 0.717) is 43.6 Å². The average Bonchev–Trinajstić information content (AvgIpc) is 2.75. The van der Waals surface area contributed by atoms with Crippen LogP contribution in [0.25, 0.3) is 11.3 Å². The van der Waals surface area contributed by atoms with Gasteiger partial charge in [0, 0.05) is 50.3 Å². The summed E-state index contributed by atoms with van der Waals surface area (Å²) < 4.78 is 14.8. The summed E-state index contributed by atoms with van der Waals surface area (Å²) in [5.74, 6) is 0.763. The average molecular weight is 379 g/mol. The maximum atomic E-state index is 14.8. The van der Waals surface area contributed by atoms with Crippen LogP contribution in [-0.4, -0.2) is 51.1 Å². The molecule has 0 unspecified atom stereocenters. The smallest absolute Gasteiger partial charge is 0.225 e. The van der Waals surface area contributed by atoms with Crippen molar-refractivity contribution in [1.82, 2.24) is 24.9 Å². The van der Waals surface area contributed by atoms with Crippen molar-refractivity contribution in [2.24, 2.45) is 0 Å². The van der Waals surface area contributed by atoms with Crippen molar-refractivity contribution < 1.29 is 4.39 Å². The van der Waals surface area contributed by atoms with Crippen molar-refractivity contribution in [1.29, 1.82) is 0 Å². The highest BCUT2D eigenvalue weighted by Gasteiger charge is 2.24. The Kier molecular flexibility index (Phi) is 5.10. The standard InChI is InChI=1S/C20H22FN7/c1-14(2)18-17(21)19(25-13-24-18)27-9-11-28(12-10-27)20-23-8-5-16(26-20)15-3-6-22-7-4-15/h3-8,13-14H,9-12H2,1-2H3. The first kappa shape index (κ1) is 18.2. The Labute approximate surface area is 163 Å². The van der Waals surface area contributed by atoms with Crippen molar-refractivity contribution in [3.05, 3.63) is 54.6 Å². The summed E-state index contributed by atoms with van der Waals surface area (Å²) in [5, 5.41) is 0. The van der Waals surface area contributed by atoms with Gasteiger partial charge in [0.1, 0.15) is 6.33 Å². The molecule has 0 atom stereocenters. The Morgan fingerprint density at radius 1 is 0.893 bits per heavy atom. The van der Waals surface area contributed by atoms with Gasteiger partial charge in [-0.25, -0.2) is 24.3 Å². The normalized spacial score (nSPS) is 14.6. The van der Waals surface area contributed by atoms with Crippen LogP contribution in [-0.2, 0) is 0 Å². The summed E-state index contributed by atoms with van der Waals surface area (Å²) in [6.07, 6.45) is 6.71. The molecule has 0 saturated carbocycles. The minimum atomic E-state index is -0.318. The Hall–Kier alpha value is -3.16. The molecule has 1 aliphatic rings. The number of anilines is 2. The fourth-order valence-corrected chi connectivity index (χ4v) is 3.30. The van der Waals surface area contributed by atoms with Gasteiger partial charge in [0.2, 0.25) is 5.95 Å². The number of piperazine rings is 1. The van der Waals surface area contributed by atoms with Gasteiger partial charge in [-0.05, 0) is 24.1 Å². The van der Waals surface area contributed by atoms with Crippen LogP contribution in [0.15, 0.2) is 43.1 Å². The van der Waals surface area contributed by atoms with Crippen molar-refractivity contribution in [3.63, 3.8) is 0 Å². The van der Waals surface area contributed by atoms with E-state index in [1.165, 1.54) is 6.33 Å². The second kappa shape index (κ2) is 7.84. The lowest BCUT2D eigenvalue weighted by atomic mass is 10.1. The molecule has 8 heteroatoms. The molecule has 0 amide bonds. The van der Waals surface area contributed by atoms with E-state index in [0.717, 1.165) is 11.3 Å². The highest BCUT2D eigenvalue weighted by atomic mass is 19.1. The lowest BCUT2D eigenvalue weighted by Gasteiger charge is -2.35. The third kappa shape index (κ3) is 3.62. The fourth-order valence-electron chi connectivity index (χ4n) is 3.30. The van der Waals surface area contributed by atoms with Gasteiger partial charge < -0.3 is 9.80 Å². The number of hydrogen-bond acceptors (Lipinski definition) is 7. The summed E-state index contributed by atoms with van der Waals surface area (Å²) in [7, 11) is 0. The monoisotopic (exact) mass is 379 g/mol. The fraction of sp³-hybridized carbons (Fsp3) is 0.350. The number of aromatic nitrogens is 5. The van der Waals surface area contributed by atoms with Gasteiger partial charge in [-0.15, -0.1) is 0 Å². The van der Waals surface area contributed by atoms with E-state index in [2.05, 4.69) is 29.8 Å². The highest BCUT2D eigenvalue weighted by molar-refractivity contribution is 5.59. The van der Waals surface area contributed by atoms with E-state index < -0.39 is 0 Å². The van der Waals surface area contributed by atoms with E-state index in [-0.39, 0.29) is 11.7 Å². The van der Waals surface area contributed by atoms with Gasteiger partial charge in [-0.1, -0.05) is 13.8 Å². The first-order valence-electron chi connectivity index (χ1n) is 9.37. The van der Waals surface area contributed by atoms with E-state index in [4.69, 9.17) is 0 Å². The molecule has 0 aliphatic carbocycles. The molecule has 28 heavy (non-hydrogen) atoms. The van der Waals surface area contributed by atoms with E-state index in [9.17, 15) is 4.39 Å². The molecule has 144 valence electrons. The van der Waals surface area contributed by atoms with E-state index in [1.807, 2.05) is 36.9 Å². The molecule has 0 radical (unpaired) electrons. The third-order valence-electron chi connectivity index (χ3n) is 4.83. The maximum Gasteiger partial charge on any atom is 0.225 e. The van der Waals surface area contributed by atoms with Gasteiger partial charge in [-0.3, -0.25) is 4.98 Å². The summed E-state index contributed by atoms with van der Waals surface area (Å²) in [6.45, 7) is 6.55. The van der Waals surface area contributed by atoms with Gasteiger partial charge in [0.05, 0.1) is 11.4 Å². The molecule has 4 heterocycles. The molecule has 0 spiro atoms. The molecule has 1 saturated heterocycles. The number of nitrogens with zero attached hydrogens (tertiary/aromatic N) is 7. The van der Waals surface area contributed by atoms with Crippen molar-refractivity contribution in [2.75, 3.05) is 36.0 Å².